The number of hydrogen-bond donors (Lipinski definition) is 4. The van der Waals surface area contributed by atoms with Crippen LogP contribution in [0.4, 0.5) is 18.7 Å². The highest BCUT2D eigenvalue weighted by Gasteiger charge is 2.66. The fraction of sp³-hybridized carbons (Fsp3) is 0.489. The van der Waals surface area contributed by atoms with Gasteiger partial charge in [-0.25, -0.2) is 23.5 Å². The predicted octanol–water partition coefficient (Wildman–Crippen LogP) is 9.04. The second-order valence-electron chi connectivity index (χ2n) is 18.1. The summed E-state index contributed by atoms with van der Waals surface area (Å²) >= 11 is 8.24. The number of thiazole rings is 1. The van der Waals surface area contributed by atoms with Crippen LogP contribution in [0.15, 0.2) is 54.4 Å². The highest BCUT2D eigenvalue weighted by Crippen LogP contribution is 2.71. The molecule has 64 heavy (non-hydrogen) atoms. The molecule has 0 spiro atoms. The zero-order valence-corrected chi connectivity index (χ0v) is 39.0. The number of pyridine rings is 1. The van der Waals surface area contributed by atoms with E-state index < -0.39 is 83.4 Å². The molecule has 6 atom stereocenters. The van der Waals surface area contributed by atoms with Gasteiger partial charge in [-0.3, -0.25) is 14.2 Å². The van der Waals surface area contributed by atoms with Crippen molar-refractivity contribution in [2.45, 2.75) is 115 Å². The molecule has 19 heteroatoms. The summed E-state index contributed by atoms with van der Waals surface area (Å²) < 4.78 is 61.9. The van der Waals surface area contributed by atoms with Crippen LogP contribution in [0.3, 0.4) is 0 Å². The molecule has 3 heterocycles. The van der Waals surface area contributed by atoms with Crippen molar-refractivity contribution in [1.82, 2.24) is 25.5 Å². The second-order valence-corrected chi connectivity index (χ2v) is 21.8. The van der Waals surface area contributed by atoms with Gasteiger partial charge in [0.25, 0.3) is 0 Å². The molecule has 2 aliphatic carbocycles. The van der Waals surface area contributed by atoms with Crippen molar-refractivity contribution in [2.24, 2.45) is 11.3 Å². The highest BCUT2D eigenvalue weighted by atomic mass is 35.5. The lowest BCUT2D eigenvalue weighted by Gasteiger charge is -2.36. The largest absolute Gasteiger partial charge is 0.495 e. The van der Waals surface area contributed by atoms with E-state index in [9.17, 15) is 32.6 Å². The van der Waals surface area contributed by atoms with Crippen LogP contribution in [0.2, 0.25) is 5.02 Å². The number of ether oxygens (including phenoxy) is 3. The van der Waals surface area contributed by atoms with Gasteiger partial charge in [0.2, 0.25) is 19.2 Å². The summed E-state index contributed by atoms with van der Waals surface area (Å²) in [4.78, 5) is 65.4. The van der Waals surface area contributed by atoms with Gasteiger partial charge in [-0.2, -0.15) is 0 Å². The van der Waals surface area contributed by atoms with Crippen molar-refractivity contribution < 1.29 is 46.8 Å². The van der Waals surface area contributed by atoms with Crippen molar-refractivity contribution in [3.8, 4) is 22.9 Å². The topological polar surface area (TPSA) is 181 Å². The summed E-state index contributed by atoms with van der Waals surface area (Å²) in [6, 6.07) is 5.88. The van der Waals surface area contributed by atoms with E-state index in [-0.39, 0.29) is 36.6 Å². The summed E-state index contributed by atoms with van der Waals surface area (Å²) in [7, 11) is -3.15. The van der Waals surface area contributed by atoms with Gasteiger partial charge in [0, 0.05) is 40.8 Å². The molecule has 0 radical (unpaired) electrons. The van der Waals surface area contributed by atoms with Gasteiger partial charge in [-0.05, 0) is 75.6 Å². The van der Waals surface area contributed by atoms with Gasteiger partial charge in [-0.15, -0.1) is 17.9 Å². The number of rotatable bonds is 15. The number of benzene rings is 2. The molecule has 3 amide bonds. The maximum atomic E-state index is 14.9. The number of methoxy groups -OCH3 is 1. The number of nitrogens with one attached hydrogen (secondary N) is 3. The van der Waals surface area contributed by atoms with Crippen molar-refractivity contribution in [1.29, 1.82) is 0 Å². The Morgan fingerprint density at radius 1 is 1.09 bits per heavy atom. The number of anilines is 1. The zero-order valence-electron chi connectivity index (χ0n) is 36.6. The molecule has 1 aliphatic heterocycles. The molecule has 2 saturated carbocycles. The molecule has 4 aromatic rings. The molecular formula is C45H54ClF2N6O8PS. The molecule has 4 N–H and O–H groups in total. The van der Waals surface area contributed by atoms with E-state index in [4.69, 9.17) is 35.8 Å². The van der Waals surface area contributed by atoms with E-state index >= 15 is 0 Å². The lowest BCUT2D eigenvalue weighted by Crippen LogP contribution is -2.58. The van der Waals surface area contributed by atoms with Gasteiger partial charge in [0.1, 0.15) is 63.4 Å². The summed E-state index contributed by atoms with van der Waals surface area (Å²) in [5, 5.41) is 10.2. The number of nitrogens with zero attached hydrogens (tertiary/aromatic N) is 3. The van der Waals surface area contributed by atoms with E-state index in [0.29, 0.717) is 51.8 Å². The van der Waals surface area contributed by atoms with Crippen LogP contribution in [-0.2, 0) is 25.1 Å². The number of carbonyl (C=O) groups excluding carboxylic acids is 3. The van der Waals surface area contributed by atoms with E-state index in [1.165, 1.54) is 29.4 Å². The van der Waals surface area contributed by atoms with Crippen LogP contribution in [0.5, 0.6) is 11.5 Å². The number of likely N-dealkylation sites (tertiary alicyclic amines) is 1. The third-order valence-electron chi connectivity index (χ3n) is 12.0. The number of hydrogen-bond acceptors (Lipinski definition) is 11. The molecule has 0 bridgehead atoms. The van der Waals surface area contributed by atoms with Gasteiger partial charge >= 0.3 is 6.09 Å². The van der Waals surface area contributed by atoms with Gasteiger partial charge in [0.05, 0.1) is 31.0 Å². The summed E-state index contributed by atoms with van der Waals surface area (Å²) in [6.07, 6.45) is 1.73. The standard InChI is InChI=1S/C45H54ClF2N6O8PS/c1-8-25-20-45(25,63(58,59)22-29-30(47)14-11-15-31(29)48)53-40(55)34-18-27(21-54(34)41(56)39(44(4,5)6)52-43(57)62-26-12-9-10-13-26)61-36-19-32(33-23-64-42(51-33)49-24(2)3)50-38-28(36)16-17-35(60-7)37(38)46/h8,11,14-17,19,23-27,34,39H,1,9-10,12-13,18,20-22H2,2-7H3,(H,49,51)(H,52,57)(H,53,55)(H,58,59)/t25-,27-,34+,39-,45+/m1/s1. The van der Waals surface area contributed by atoms with E-state index in [1.807, 2.05) is 19.2 Å². The molecule has 2 aromatic heterocycles. The minimum absolute atomic E-state index is 0.0348. The maximum Gasteiger partial charge on any atom is 0.408 e. The third-order valence-corrected chi connectivity index (χ3v) is 15.8. The van der Waals surface area contributed by atoms with Gasteiger partial charge in [0.15, 0.2) is 5.13 Å². The Morgan fingerprint density at radius 2 is 1.80 bits per heavy atom. The number of carbonyl (C=O) groups is 3. The Bertz CT molecular complexity index is 2480. The van der Waals surface area contributed by atoms with Crippen LogP contribution in [0, 0.1) is 23.0 Å². The third kappa shape index (κ3) is 9.73. The first kappa shape index (κ1) is 47.1. The Hall–Kier alpha value is -4.83. The smallest absolute Gasteiger partial charge is 0.408 e. The lowest BCUT2D eigenvalue weighted by molar-refractivity contribution is -0.142. The van der Waals surface area contributed by atoms with E-state index in [1.54, 1.807) is 39.0 Å². The number of aromatic nitrogens is 2. The normalized spacial score (nSPS) is 22.5. The summed E-state index contributed by atoms with van der Waals surface area (Å²) in [6.45, 7) is 12.9. The first-order valence-electron chi connectivity index (χ1n) is 21.3. The first-order chi connectivity index (χ1) is 30.2. The number of fused-ring (bicyclic) bond motifs is 1. The number of alkyl carbamates (subject to hydrolysis) is 1. The fourth-order valence-corrected chi connectivity index (χ4v) is 12.0. The SMILES string of the molecule is C=C[C@@H]1C[C@]1(NC(=O)[C@@H]1C[C@@H](Oc2cc(-c3csc(NC(C)C)n3)nc3c(Cl)c(OC)ccc23)CN1C(=O)[C@@H](NC(=O)OC1CCCC1)C(C)(C)C)P(=O)(O)Cc1c(F)cccc1F. The Kier molecular flexibility index (Phi) is 13.7. The van der Waals surface area contributed by atoms with E-state index in [2.05, 4.69) is 22.5 Å². The molecule has 7 rings (SSSR count). The second kappa shape index (κ2) is 18.6. The minimum Gasteiger partial charge on any atom is -0.495 e. The average Bonchev–Trinajstić information content (AvgIpc) is 3.62. The van der Waals surface area contributed by atoms with E-state index in [0.717, 1.165) is 31.0 Å². The molecule has 1 unspecified atom stereocenters. The van der Waals surface area contributed by atoms with Crippen LogP contribution in [0.25, 0.3) is 22.3 Å². The Labute approximate surface area is 379 Å². The first-order valence-corrected chi connectivity index (χ1v) is 24.4. The molecule has 344 valence electrons. The Morgan fingerprint density at radius 3 is 2.42 bits per heavy atom. The van der Waals surface area contributed by atoms with Crippen molar-refractivity contribution >= 4 is 64.2 Å². The zero-order chi connectivity index (χ0) is 46.3. The molecular weight excluding hydrogens is 889 g/mol. The van der Waals surface area contributed by atoms with Crippen LogP contribution in [-0.4, -0.2) is 86.9 Å². The molecule has 14 nitrogen and oxygen atoms in total. The molecule has 2 aromatic carbocycles. The predicted molar refractivity (Wildman–Crippen MR) is 242 cm³/mol. The lowest BCUT2D eigenvalue weighted by atomic mass is 9.85. The molecule has 1 saturated heterocycles. The van der Waals surface area contributed by atoms with Crippen molar-refractivity contribution in [2.75, 3.05) is 19.0 Å². The number of amides is 3. The molecule has 3 aliphatic rings. The number of halogens is 3. The monoisotopic (exact) mass is 942 g/mol. The summed E-state index contributed by atoms with van der Waals surface area (Å²) in [5.74, 6) is -3.45. The van der Waals surface area contributed by atoms with Crippen LogP contribution < -0.4 is 25.4 Å². The van der Waals surface area contributed by atoms with Gasteiger partial charge < -0.3 is 40.0 Å². The fourth-order valence-electron chi connectivity index (χ4n) is 8.50. The average molecular weight is 943 g/mol. The Balaban J connectivity index is 1.24. The van der Waals surface area contributed by atoms with Crippen molar-refractivity contribution in [3.05, 3.63) is 76.7 Å². The summed E-state index contributed by atoms with van der Waals surface area (Å²) in [5.41, 5.74) is -0.143. The maximum absolute atomic E-state index is 14.9. The van der Waals surface area contributed by atoms with Crippen LogP contribution >= 0.6 is 30.3 Å². The minimum atomic E-state index is -4.63. The highest BCUT2D eigenvalue weighted by molar-refractivity contribution is 7.59. The van der Waals surface area contributed by atoms with Crippen LogP contribution in [0.1, 0.15) is 78.7 Å². The molecule has 3 fully saturated rings. The van der Waals surface area contributed by atoms with Crippen molar-refractivity contribution in [3.63, 3.8) is 0 Å². The quantitative estimate of drug-likeness (QED) is 0.0660. The van der Waals surface area contributed by atoms with Gasteiger partial charge in [-0.1, -0.05) is 44.5 Å².